The van der Waals surface area contributed by atoms with Gasteiger partial charge in [-0.05, 0) is 5.56 Å². The molecular formula is C11H11N3O2. The number of hydrogen-bond donors (Lipinski definition) is 2. The van der Waals surface area contributed by atoms with Crippen LogP contribution in [0.3, 0.4) is 0 Å². The smallest absolute Gasteiger partial charge is 0.271 e. The zero-order valence-corrected chi connectivity index (χ0v) is 8.50. The normalized spacial score (nSPS) is 10.2. The maximum Gasteiger partial charge on any atom is 0.271 e. The first-order chi connectivity index (χ1) is 7.68. The molecule has 0 saturated heterocycles. The Morgan fingerprint density at radius 2 is 2.06 bits per heavy atom. The summed E-state index contributed by atoms with van der Waals surface area (Å²) in [5.74, 6) is -1.02. The van der Waals surface area contributed by atoms with Crippen LogP contribution in [-0.2, 0) is 6.54 Å². The minimum atomic E-state index is -0.689. The van der Waals surface area contributed by atoms with Crippen molar-refractivity contribution in [1.29, 1.82) is 0 Å². The Morgan fingerprint density at radius 3 is 2.69 bits per heavy atom. The largest absolute Gasteiger partial charge is 0.492 e. The third-order valence-corrected chi connectivity index (χ3v) is 2.25. The summed E-state index contributed by atoms with van der Waals surface area (Å²) in [4.78, 5) is 14.7. The van der Waals surface area contributed by atoms with E-state index in [1.807, 2.05) is 30.3 Å². The first-order valence-electron chi connectivity index (χ1n) is 4.76. The second kappa shape index (κ2) is 4.06. The number of nitrogens with two attached hydrogens (primary N) is 1. The van der Waals surface area contributed by atoms with E-state index in [-0.39, 0.29) is 11.6 Å². The molecule has 0 spiro atoms. The van der Waals surface area contributed by atoms with E-state index in [2.05, 4.69) is 4.98 Å². The Kier molecular flexibility index (Phi) is 2.59. The number of primary amides is 1. The van der Waals surface area contributed by atoms with Gasteiger partial charge in [0.1, 0.15) is 0 Å². The molecule has 0 aliphatic rings. The summed E-state index contributed by atoms with van der Waals surface area (Å²) in [6, 6.07) is 9.54. The first kappa shape index (κ1) is 10.2. The summed E-state index contributed by atoms with van der Waals surface area (Å²) >= 11 is 0. The third kappa shape index (κ3) is 1.88. The van der Waals surface area contributed by atoms with Crippen molar-refractivity contribution in [3.63, 3.8) is 0 Å². The molecule has 1 heterocycles. The van der Waals surface area contributed by atoms with Gasteiger partial charge in [0.05, 0.1) is 6.33 Å². The molecule has 1 amide bonds. The van der Waals surface area contributed by atoms with E-state index in [1.54, 1.807) is 0 Å². The highest BCUT2D eigenvalue weighted by atomic mass is 16.3. The highest BCUT2D eigenvalue weighted by molar-refractivity contribution is 5.93. The lowest BCUT2D eigenvalue weighted by Crippen LogP contribution is -2.17. The van der Waals surface area contributed by atoms with Crippen molar-refractivity contribution in [2.75, 3.05) is 0 Å². The molecule has 0 aliphatic carbocycles. The molecule has 5 heteroatoms. The molecule has 0 radical (unpaired) electrons. The van der Waals surface area contributed by atoms with Crippen molar-refractivity contribution >= 4 is 5.91 Å². The Bertz CT molecular complexity index is 505. The summed E-state index contributed by atoms with van der Waals surface area (Å²) in [6.45, 7) is 0.451. The van der Waals surface area contributed by atoms with Gasteiger partial charge < -0.3 is 15.4 Å². The van der Waals surface area contributed by atoms with E-state index >= 15 is 0 Å². The number of carbonyl (C=O) groups is 1. The van der Waals surface area contributed by atoms with Crippen molar-refractivity contribution < 1.29 is 9.90 Å². The third-order valence-electron chi connectivity index (χ3n) is 2.25. The van der Waals surface area contributed by atoms with Crippen LogP contribution in [0.1, 0.15) is 16.1 Å². The van der Waals surface area contributed by atoms with Crippen molar-refractivity contribution in [3.8, 4) is 5.88 Å². The molecule has 0 fully saturated rings. The molecule has 2 rings (SSSR count). The van der Waals surface area contributed by atoms with Crippen LogP contribution in [0.5, 0.6) is 5.88 Å². The molecule has 2 aromatic rings. The zero-order chi connectivity index (χ0) is 11.5. The van der Waals surface area contributed by atoms with Gasteiger partial charge >= 0.3 is 0 Å². The van der Waals surface area contributed by atoms with E-state index in [9.17, 15) is 9.90 Å². The van der Waals surface area contributed by atoms with E-state index in [4.69, 9.17) is 5.73 Å². The fourth-order valence-electron chi connectivity index (χ4n) is 1.52. The van der Waals surface area contributed by atoms with E-state index in [0.717, 1.165) is 5.56 Å². The average molecular weight is 217 g/mol. The lowest BCUT2D eigenvalue weighted by molar-refractivity contribution is 0.0989. The molecule has 0 aliphatic heterocycles. The number of aromatic nitrogens is 2. The standard InChI is InChI=1S/C11H11N3O2/c12-10(15)9-11(16)13-7-14(9)6-8-4-2-1-3-5-8/h1-5,7,16H,6H2,(H2,12,15). The van der Waals surface area contributed by atoms with Crippen LogP contribution in [0.15, 0.2) is 36.7 Å². The second-order valence-corrected chi connectivity index (χ2v) is 3.39. The molecule has 16 heavy (non-hydrogen) atoms. The number of amides is 1. The van der Waals surface area contributed by atoms with Crippen LogP contribution >= 0.6 is 0 Å². The number of benzene rings is 1. The van der Waals surface area contributed by atoms with Gasteiger partial charge in [0.25, 0.3) is 5.91 Å². The number of nitrogens with zero attached hydrogens (tertiary/aromatic N) is 2. The monoisotopic (exact) mass is 217 g/mol. The van der Waals surface area contributed by atoms with Crippen molar-refractivity contribution in [3.05, 3.63) is 47.9 Å². The van der Waals surface area contributed by atoms with Crippen molar-refractivity contribution in [2.24, 2.45) is 5.73 Å². The molecule has 82 valence electrons. The highest BCUT2D eigenvalue weighted by Crippen LogP contribution is 2.15. The van der Waals surface area contributed by atoms with Gasteiger partial charge in [-0.1, -0.05) is 30.3 Å². The Morgan fingerprint density at radius 1 is 1.38 bits per heavy atom. The number of rotatable bonds is 3. The lowest BCUT2D eigenvalue weighted by Gasteiger charge is -2.05. The summed E-state index contributed by atoms with van der Waals surface area (Å²) in [7, 11) is 0. The SMILES string of the molecule is NC(=O)c1c(O)ncn1Cc1ccccc1. The minimum absolute atomic E-state index is 0.0313. The van der Waals surface area contributed by atoms with Crippen LogP contribution in [-0.4, -0.2) is 20.6 Å². The summed E-state index contributed by atoms with van der Waals surface area (Å²) in [5, 5.41) is 9.35. The molecule has 0 atom stereocenters. The average Bonchev–Trinajstić information content (AvgIpc) is 2.61. The molecule has 5 nitrogen and oxygen atoms in total. The number of imidazole rings is 1. The Hall–Kier alpha value is -2.30. The van der Waals surface area contributed by atoms with Crippen LogP contribution < -0.4 is 5.73 Å². The topological polar surface area (TPSA) is 81.1 Å². The molecule has 0 saturated carbocycles. The van der Waals surface area contributed by atoms with Crippen LogP contribution in [0.25, 0.3) is 0 Å². The number of hydrogen-bond acceptors (Lipinski definition) is 3. The van der Waals surface area contributed by atoms with E-state index < -0.39 is 5.91 Å². The molecule has 1 aromatic heterocycles. The second-order valence-electron chi connectivity index (χ2n) is 3.39. The van der Waals surface area contributed by atoms with Crippen LogP contribution in [0, 0.1) is 0 Å². The number of carbonyl (C=O) groups excluding carboxylic acids is 1. The van der Waals surface area contributed by atoms with Gasteiger partial charge in [-0.2, -0.15) is 0 Å². The Balaban J connectivity index is 2.32. The number of aromatic hydroxyl groups is 1. The summed E-state index contributed by atoms with van der Waals surface area (Å²) in [6.07, 6.45) is 1.39. The molecule has 1 aromatic carbocycles. The molecule has 3 N–H and O–H groups in total. The zero-order valence-electron chi connectivity index (χ0n) is 8.50. The fraction of sp³-hybridized carbons (Fsp3) is 0.0909. The van der Waals surface area contributed by atoms with Gasteiger partial charge in [-0.3, -0.25) is 4.79 Å². The van der Waals surface area contributed by atoms with Crippen LogP contribution in [0.4, 0.5) is 0 Å². The summed E-state index contributed by atoms with van der Waals surface area (Å²) in [5.41, 5.74) is 6.19. The molecular weight excluding hydrogens is 206 g/mol. The van der Waals surface area contributed by atoms with Gasteiger partial charge in [0.15, 0.2) is 5.69 Å². The van der Waals surface area contributed by atoms with E-state index in [0.29, 0.717) is 6.54 Å². The molecule has 0 unspecified atom stereocenters. The van der Waals surface area contributed by atoms with E-state index in [1.165, 1.54) is 10.9 Å². The molecule has 0 bridgehead atoms. The maximum absolute atomic E-state index is 11.1. The van der Waals surface area contributed by atoms with Crippen molar-refractivity contribution in [1.82, 2.24) is 9.55 Å². The highest BCUT2D eigenvalue weighted by Gasteiger charge is 2.15. The first-order valence-corrected chi connectivity index (χ1v) is 4.76. The lowest BCUT2D eigenvalue weighted by atomic mass is 10.2. The maximum atomic E-state index is 11.1. The van der Waals surface area contributed by atoms with Gasteiger partial charge in [-0.25, -0.2) is 4.98 Å². The quantitative estimate of drug-likeness (QED) is 0.795. The van der Waals surface area contributed by atoms with Gasteiger partial charge in [0, 0.05) is 6.54 Å². The van der Waals surface area contributed by atoms with Gasteiger partial charge in [0.2, 0.25) is 5.88 Å². The fourth-order valence-corrected chi connectivity index (χ4v) is 1.52. The predicted octanol–water partition coefficient (Wildman–Crippen LogP) is 0.736. The summed E-state index contributed by atoms with van der Waals surface area (Å²) < 4.78 is 1.52. The van der Waals surface area contributed by atoms with Gasteiger partial charge in [-0.15, -0.1) is 0 Å². The Labute approximate surface area is 92.2 Å². The minimum Gasteiger partial charge on any atom is -0.492 e. The van der Waals surface area contributed by atoms with Crippen molar-refractivity contribution in [2.45, 2.75) is 6.54 Å². The predicted molar refractivity (Wildman–Crippen MR) is 58.0 cm³/mol. The van der Waals surface area contributed by atoms with Crippen LogP contribution in [0.2, 0.25) is 0 Å².